The van der Waals surface area contributed by atoms with Crippen LogP contribution in [0.1, 0.15) is 19.3 Å². The number of para-hydroxylation sites is 2. The molecule has 1 fully saturated rings. The van der Waals surface area contributed by atoms with Gasteiger partial charge in [0.15, 0.2) is 6.10 Å². The zero-order chi connectivity index (χ0) is 22.9. The highest BCUT2D eigenvalue weighted by atomic mass is 16.5. The van der Waals surface area contributed by atoms with Gasteiger partial charge in [-0.05, 0) is 43.5 Å². The lowest BCUT2D eigenvalue weighted by molar-refractivity contribution is -0.139. The molecule has 2 aromatic carbocycles. The van der Waals surface area contributed by atoms with Crippen LogP contribution in [0.25, 0.3) is 10.8 Å². The number of carbonyl (C=O) groups is 2. The van der Waals surface area contributed by atoms with Crippen molar-refractivity contribution in [2.75, 3.05) is 24.5 Å². The highest BCUT2D eigenvalue weighted by Crippen LogP contribution is 2.34. The van der Waals surface area contributed by atoms with E-state index in [1.807, 2.05) is 0 Å². The number of amides is 2. The first-order valence-corrected chi connectivity index (χ1v) is 11.1. The van der Waals surface area contributed by atoms with Crippen LogP contribution in [0, 0.1) is 0 Å². The van der Waals surface area contributed by atoms with Gasteiger partial charge in [0.1, 0.15) is 12.3 Å². The van der Waals surface area contributed by atoms with Gasteiger partial charge in [0.05, 0.1) is 23.0 Å². The van der Waals surface area contributed by atoms with Crippen LogP contribution >= 0.6 is 0 Å². The molecule has 1 atom stereocenters. The van der Waals surface area contributed by atoms with Crippen LogP contribution in [0.2, 0.25) is 0 Å². The number of aromatic nitrogens is 2. The third kappa shape index (κ3) is 3.90. The highest BCUT2D eigenvalue weighted by Gasteiger charge is 2.36. The average Bonchev–Trinajstić information content (AvgIpc) is 2.86. The first-order chi connectivity index (χ1) is 16.0. The van der Waals surface area contributed by atoms with Crippen molar-refractivity contribution >= 4 is 28.3 Å². The van der Waals surface area contributed by atoms with Gasteiger partial charge in [-0.1, -0.05) is 24.3 Å². The number of nitrogens with zero attached hydrogens (tertiary/aromatic N) is 3. The molecule has 3 heterocycles. The highest BCUT2D eigenvalue weighted by molar-refractivity contribution is 5.97. The monoisotopic (exact) mass is 448 g/mol. The van der Waals surface area contributed by atoms with E-state index in [4.69, 9.17) is 4.74 Å². The SMILES string of the molecule is O=C([C@@H]1CN(C(=O)Cn2[nH]c(=O)c3ccccc3c2=O)c2ccccc2O1)N1CCCCC1. The Morgan fingerprint density at radius 3 is 2.42 bits per heavy atom. The molecule has 2 aliphatic heterocycles. The first kappa shape index (κ1) is 21.0. The summed E-state index contributed by atoms with van der Waals surface area (Å²) >= 11 is 0. The normalized spacial score (nSPS) is 18.0. The van der Waals surface area contributed by atoms with Gasteiger partial charge in [0.2, 0.25) is 5.91 Å². The summed E-state index contributed by atoms with van der Waals surface area (Å²) in [5.41, 5.74) is -0.374. The van der Waals surface area contributed by atoms with E-state index in [0.29, 0.717) is 24.5 Å². The first-order valence-electron chi connectivity index (χ1n) is 11.1. The number of rotatable bonds is 3. The number of hydrogen-bond acceptors (Lipinski definition) is 5. The number of nitrogens with one attached hydrogen (secondary N) is 1. The van der Waals surface area contributed by atoms with Gasteiger partial charge in [0, 0.05) is 13.1 Å². The molecule has 2 amide bonds. The smallest absolute Gasteiger partial charge is 0.273 e. The summed E-state index contributed by atoms with van der Waals surface area (Å²) in [7, 11) is 0. The molecule has 0 unspecified atom stereocenters. The van der Waals surface area contributed by atoms with Crippen LogP contribution in [0.5, 0.6) is 5.75 Å². The fourth-order valence-corrected chi connectivity index (χ4v) is 4.50. The molecule has 0 saturated carbocycles. The number of carbonyl (C=O) groups excluding carboxylic acids is 2. The van der Waals surface area contributed by atoms with E-state index in [9.17, 15) is 19.2 Å². The second kappa shape index (κ2) is 8.57. The maximum atomic E-state index is 13.3. The van der Waals surface area contributed by atoms with Crippen LogP contribution < -0.4 is 20.8 Å². The van der Waals surface area contributed by atoms with Crippen molar-refractivity contribution in [2.45, 2.75) is 31.9 Å². The van der Waals surface area contributed by atoms with Crippen molar-refractivity contribution in [3.63, 3.8) is 0 Å². The van der Waals surface area contributed by atoms with Crippen LogP contribution in [-0.4, -0.2) is 52.2 Å². The Kier molecular flexibility index (Phi) is 5.45. The van der Waals surface area contributed by atoms with Crippen molar-refractivity contribution in [1.29, 1.82) is 0 Å². The van der Waals surface area contributed by atoms with Crippen molar-refractivity contribution in [3.8, 4) is 5.75 Å². The Bertz CT molecular complexity index is 1340. The molecule has 1 N–H and O–H groups in total. The van der Waals surface area contributed by atoms with Crippen molar-refractivity contribution < 1.29 is 14.3 Å². The number of benzene rings is 2. The minimum Gasteiger partial charge on any atom is -0.476 e. The predicted molar refractivity (Wildman–Crippen MR) is 122 cm³/mol. The summed E-state index contributed by atoms with van der Waals surface area (Å²) in [6.07, 6.45) is 2.18. The van der Waals surface area contributed by atoms with E-state index in [1.54, 1.807) is 53.4 Å². The van der Waals surface area contributed by atoms with Gasteiger partial charge in [-0.25, -0.2) is 4.68 Å². The van der Waals surface area contributed by atoms with E-state index in [-0.39, 0.29) is 29.8 Å². The van der Waals surface area contributed by atoms with Crippen molar-refractivity contribution in [1.82, 2.24) is 14.7 Å². The maximum Gasteiger partial charge on any atom is 0.273 e. The Morgan fingerprint density at radius 1 is 0.939 bits per heavy atom. The Hall–Kier alpha value is -3.88. The van der Waals surface area contributed by atoms with Crippen LogP contribution in [-0.2, 0) is 16.1 Å². The molecule has 0 spiro atoms. The molecule has 0 bridgehead atoms. The minimum absolute atomic E-state index is 0.0394. The van der Waals surface area contributed by atoms with E-state index in [0.717, 1.165) is 23.9 Å². The number of piperidine rings is 1. The molecule has 1 saturated heterocycles. The fourth-order valence-electron chi connectivity index (χ4n) is 4.50. The number of aromatic amines is 1. The standard InChI is InChI=1S/C24H24N4O5/c29-21(15-28-23(31)17-9-3-2-8-16(17)22(30)25-28)27-14-20(24(32)26-12-6-1-7-13-26)33-19-11-5-4-10-18(19)27/h2-5,8-11,20H,1,6-7,12-15H2,(H,25,30)/t20-/m0/s1. The van der Waals surface area contributed by atoms with Crippen LogP contribution in [0.4, 0.5) is 5.69 Å². The lowest BCUT2D eigenvalue weighted by atomic mass is 10.1. The number of ether oxygens (including phenoxy) is 1. The number of hydrogen-bond donors (Lipinski definition) is 1. The van der Waals surface area contributed by atoms with E-state index >= 15 is 0 Å². The molecule has 3 aromatic rings. The van der Waals surface area contributed by atoms with E-state index < -0.39 is 23.1 Å². The summed E-state index contributed by atoms with van der Waals surface area (Å²) in [5.74, 6) is -0.125. The van der Waals surface area contributed by atoms with Crippen LogP contribution in [0.15, 0.2) is 58.1 Å². The summed E-state index contributed by atoms with van der Waals surface area (Å²) < 4.78 is 6.99. The minimum atomic E-state index is -0.825. The van der Waals surface area contributed by atoms with Gasteiger partial charge in [-0.2, -0.15) is 0 Å². The summed E-state index contributed by atoms with van der Waals surface area (Å²) in [6, 6.07) is 13.5. The van der Waals surface area contributed by atoms with E-state index in [2.05, 4.69) is 5.10 Å². The number of anilines is 1. The van der Waals surface area contributed by atoms with Gasteiger partial charge in [-0.15, -0.1) is 0 Å². The van der Waals surface area contributed by atoms with Crippen molar-refractivity contribution in [2.24, 2.45) is 0 Å². The molecule has 2 aliphatic rings. The molecule has 5 rings (SSSR count). The Balaban J connectivity index is 1.45. The molecule has 0 aliphatic carbocycles. The third-order valence-corrected chi connectivity index (χ3v) is 6.20. The quantitative estimate of drug-likeness (QED) is 0.654. The second-order valence-corrected chi connectivity index (χ2v) is 8.34. The largest absolute Gasteiger partial charge is 0.476 e. The van der Waals surface area contributed by atoms with Gasteiger partial charge >= 0.3 is 0 Å². The summed E-state index contributed by atoms with van der Waals surface area (Å²) in [6.45, 7) is 1.04. The van der Waals surface area contributed by atoms with Crippen molar-refractivity contribution in [3.05, 3.63) is 69.2 Å². The molecular formula is C24H24N4O5. The Labute approximate surface area is 189 Å². The second-order valence-electron chi connectivity index (χ2n) is 8.34. The molecular weight excluding hydrogens is 424 g/mol. The molecule has 170 valence electrons. The summed E-state index contributed by atoms with van der Waals surface area (Å²) in [4.78, 5) is 55.0. The van der Waals surface area contributed by atoms with Gasteiger partial charge in [0.25, 0.3) is 17.0 Å². The molecule has 9 nitrogen and oxygen atoms in total. The fraction of sp³-hybridized carbons (Fsp3) is 0.333. The Morgan fingerprint density at radius 2 is 1.64 bits per heavy atom. The van der Waals surface area contributed by atoms with Gasteiger partial charge < -0.3 is 14.5 Å². The predicted octanol–water partition coefficient (Wildman–Crippen LogP) is 1.50. The zero-order valence-electron chi connectivity index (χ0n) is 18.0. The lowest BCUT2D eigenvalue weighted by Gasteiger charge is -2.37. The molecule has 0 radical (unpaired) electrons. The average molecular weight is 448 g/mol. The molecule has 1 aromatic heterocycles. The molecule has 33 heavy (non-hydrogen) atoms. The summed E-state index contributed by atoms with van der Waals surface area (Å²) in [5, 5.41) is 3.01. The van der Waals surface area contributed by atoms with Crippen LogP contribution in [0.3, 0.4) is 0 Å². The third-order valence-electron chi connectivity index (χ3n) is 6.20. The number of fused-ring (bicyclic) bond motifs is 2. The topological polar surface area (TPSA) is 105 Å². The number of likely N-dealkylation sites (tertiary alicyclic amines) is 1. The van der Waals surface area contributed by atoms with Gasteiger partial charge in [-0.3, -0.25) is 24.3 Å². The zero-order valence-corrected chi connectivity index (χ0v) is 18.0. The maximum absolute atomic E-state index is 13.3. The van der Waals surface area contributed by atoms with E-state index in [1.165, 1.54) is 4.90 Å². The molecule has 9 heteroatoms. The number of H-pyrrole nitrogens is 1. The lowest BCUT2D eigenvalue weighted by Crippen LogP contribution is -2.53.